The summed E-state index contributed by atoms with van der Waals surface area (Å²) in [7, 11) is 0. The third kappa shape index (κ3) is 4.55. The van der Waals surface area contributed by atoms with Crippen molar-refractivity contribution >= 4 is 39.0 Å². The first-order valence-corrected chi connectivity index (χ1v) is 10.7. The monoisotopic (exact) mass is 420 g/mol. The summed E-state index contributed by atoms with van der Waals surface area (Å²) in [5.74, 6) is 1.31. The number of pyridine rings is 1. The van der Waals surface area contributed by atoms with E-state index in [1.54, 1.807) is 17.5 Å². The van der Waals surface area contributed by atoms with Crippen LogP contribution in [0.1, 0.15) is 18.9 Å². The Morgan fingerprint density at radius 2 is 1.90 bits per heavy atom. The highest BCUT2D eigenvalue weighted by Crippen LogP contribution is 2.27. The molecule has 0 bridgehead atoms. The van der Waals surface area contributed by atoms with Crippen LogP contribution in [0.25, 0.3) is 21.6 Å². The van der Waals surface area contributed by atoms with Gasteiger partial charge in [0.2, 0.25) is 5.95 Å². The molecule has 3 heterocycles. The maximum Gasteiger partial charge on any atom is 0.225 e. The molecule has 0 unspecified atom stereocenters. The molecule has 0 saturated heterocycles. The molecule has 154 valence electrons. The van der Waals surface area contributed by atoms with Crippen molar-refractivity contribution < 1.29 is 5.11 Å². The SMILES string of the molecule is Cc1nc2cc(Nc3cc(-c4ccccn4)nc(N[C@@H](CO)C(C)C)n3)ccc2s1. The number of nitrogens with one attached hydrogen (secondary N) is 2. The predicted octanol–water partition coefficient (Wildman–Crippen LogP) is 4.63. The molecule has 8 heteroatoms. The summed E-state index contributed by atoms with van der Waals surface area (Å²) < 4.78 is 1.15. The zero-order chi connectivity index (χ0) is 21.1. The number of aromatic nitrogens is 4. The minimum Gasteiger partial charge on any atom is -0.394 e. The Balaban J connectivity index is 1.70. The molecule has 0 radical (unpaired) electrons. The molecule has 30 heavy (non-hydrogen) atoms. The van der Waals surface area contributed by atoms with Crippen molar-refractivity contribution in [2.75, 3.05) is 17.2 Å². The molecule has 0 aliphatic heterocycles. The summed E-state index contributed by atoms with van der Waals surface area (Å²) in [6.07, 6.45) is 1.74. The predicted molar refractivity (Wildman–Crippen MR) is 122 cm³/mol. The lowest BCUT2D eigenvalue weighted by Gasteiger charge is -2.20. The third-order valence-corrected chi connectivity index (χ3v) is 5.69. The molecule has 0 saturated carbocycles. The Morgan fingerprint density at radius 1 is 1.03 bits per heavy atom. The second kappa shape index (κ2) is 8.73. The Bertz CT molecular complexity index is 1150. The first-order chi connectivity index (χ1) is 14.5. The summed E-state index contributed by atoms with van der Waals surface area (Å²) >= 11 is 1.67. The van der Waals surface area contributed by atoms with Crippen molar-refractivity contribution in [3.63, 3.8) is 0 Å². The molecule has 0 fully saturated rings. The number of thiazole rings is 1. The lowest BCUT2D eigenvalue weighted by atomic mass is 10.1. The number of anilines is 3. The molecule has 0 amide bonds. The van der Waals surface area contributed by atoms with Gasteiger partial charge < -0.3 is 15.7 Å². The van der Waals surface area contributed by atoms with E-state index in [9.17, 15) is 5.11 Å². The van der Waals surface area contributed by atoms with Gasteiger partial charge in [0.1, 0.15) is 5.82 Å². The Hall–Kier alpha value is -3.10. The average molecular weight is 421 g/mol. The first kappa shape index (κ1) is 20.2. The van der Waals surface area contributed by atoms with Crippen LogP contribution in [0.3, 0.4) is 0 Å². The number of hydrogen-bond donors (Lipinski definition) is 3. The maximum atomic E-state index is 9.70. The largest absolute Gasteiger partial charge is 0.394 e. The molecule has 0 spiro atoms. The van der Waals surface area contributed by atoms with Gasteiger partial charge in [0, 0.05) is 18.0 Å². The van der Waals surface area contributed by atoms with Gasteiger partial charge in [-0.25, -0.2) is 9.97 Å². The van der Waals surface area contributed by atoms with Gasteiger partial charge in [-0.3, -0.25) is 4.98 Å². The van der Waals surface area contributed by atoms with Gasteiger partial charge in [0.25, 0.3) is 0 Å². The molecule has 3 aromatic heterocycles. The summed E-state index contributed by atoms with van der Waals surface area (Å²) in [6, 6.07) is 13.5. The van der Waals surface area contributed by atoms with Gasteiger partial charge in [-0.1, -0.05) is 19.9 Å². The van der Waals surface area contributed by atoms with Crippen molar-refractivity contribution in [2.24, 2.45) is 5.92 Å². The smallest absolute Gasteiger partial charge is 0.225 e. The van der Waals surface area contributed by atoms with Crippen LogP contribution in [0.2, 0.25) is 0 Å². The van der Waals surface area contributed by atoms with E-state index in [4.69, 9.17) is 0 Å². The molecule has 0 aliphatic rings. The Morgan fingerprint density at radius 3 is 2.63 bits per heavy atom. The lowest BCUT2D eigenvalue weighted by molar-refractivity contribution is 0.248. The number of aliphatic hydroxyl groups excluding tert-OH is 1. The second-order valence-electron chi connectivity index (χ2n) is 7.39. The van der Waals surface area contributed by atoms with Crippen LogP contribution in [-0.4, -0.2) is 37.7 Å². The normalized spacial score (nSPS) is 12.3. The molecular formula is C22H24N6OS. The van der Waals surface area contributed by atoms with Gasteiger partial charge in [-0.05, 0) is 43.2 Å². The van der Waals surface area contributed by atoms with E-state index in [0.717, 1.165) is 26.6 Å². The van der Waals surface area contributed by atoms with Crippen LogP contribution in [0.4, 0.5) is 17.5 Å². The van der Waals surface area contributed by atoms with E-state index < -0.39 is 0 Å². The molecule has 1 aromatic carbocycles. The van der Waals surface area contributed by atoms with E-state index in [1.165, 1.54) is 0 Å². The minimum atomic E-state index is -0.147. The van der Waals surface area contributed by atoms with Gasteiger partial charge >= 0.3 is 0 Å². The molecule has 3 N–H and O–H groups in total. The number of fused-ring (bicyclic) bond motifs is 1. The molecular weight excluding hydrogens is 396 g/mol. The summed E-state index contributed by atoms with van der Waals surface area (Å²) in [5.41, 5.74) is 3.30. The van der Waals surface area contributed by atoms with Gasteiger partial charge in [-0.2, -0.15) is 4.98 Å². The molecule has 7 nitrogen and oxygen atoms in total. The van der Waals surface area contributed by atoms with Gasteiger partial charge in [0.15, 0.2) is 0 Å². The minimum absolute atomic E-state index is 0.00253. The maximum absolute atomic E-state index is 9.70. The lowest BCUT2D eigenvalue weighted by Crippen LogP contribution is -2.30. The number of nitrogens with zero attached hydrogens (tertiary/aromatic N) is 4. The number of aryl methyl sites for hydroxylation is 1. The summed E-state index contributed by atoms with van der Waals surface area (Å²) in [4.78, 5) is 18.2. The fourth-order valence-corrected chi connectivity index (χ4v) is 3.89. The van der Waals surface area contributed by atoms with Crippen molar-refractivity contribution in [3.05, 3.63) is 53.7 Å². The Labute approximate surface area is 179 Å². The molecule has 0 aliphatic carbocycles. The van der Waals surface area contributed by atoms with E-state index in [-0.39, 0.29) is 18.6 Å². The van der Waals surface area contributed by atoms with Crippen LogP contribution < -0.4 is 10.6 Å². The number of hydrogen-bond acceptors (Lipinski definition) is 8. The fourth-order valence-electron chi connectivity index (χ4n) is 3.08. The number of benzene rings is 1. The van der Waals surface area contributed by atoms with Crippen molar-refractivity contribution in [3.8, 4) is 11.4 Å². The molecule has 4 rings (SSSR count). The van der Waals surface area contributed by atoms with E-state index >= 15 is 0 Å². The second-order valence-corrected chi connectivity index (χ2v) is 8.63. The van der Waals surface area contributed by atoms with E-state index in [0.29, 0.717) is 17.5 Å². The zero-order valence-corrected chi connectivity index (χ0v) is 17.9. The summed E-state index contributed by atoms with van der Waals surface area (Å²) in [5, 5.41) is 17.3. The number of rotatable bonds is 7. The van der Waals surface area contributed by atoms with Crippen LogP contribution in [0, 0.1) is 12.8 Å². The molecule has 1 atom stereocenters. The quantitative estimate of drug-likeness (QED) is 0.401. The highest BCUT2D eigenvalue weighted by atomic mass is 32.1. The van der Waals surface area contributed by atoms with Crippen LogP contribution in [-0.2, 0) is 0 Å². The average Bonchev–Trinajstić information content (AvgIpc) is 3.11. The van der Waals surface area contributed by atoms with Crippen molar-refractivity contribution in [1.82, 2.24) is 19.9 Å². The highest BCUT2D eigenvalue weighted by Gasteiger charge is 2.15. The highest BCUT2D eigenvalue weighted by molar-refractivity contribution is 7.18. The zero-order valence-electron chi connectivity index (χ0n) is 17.1. The summed E-state index contributed by atoms with van der Waals surface area (Å²) in [6.45, 7) is 6.09. The van der Waals surface area contributed by atoms with Crippen molar-refractivity contribution in [1.29, 1.82) is 0 Å². The van der Waals surface area contributed by atoms with E-state index in [2.05, 4.69) is 36.6 Å². The van der Waals surface area contributed by atoms with Crippen LogP contribution in [0.15, 0.2) is 48.7 Å². The van der Waals surface area contributed by atoms with Gasteiger partial charge in [0.05, 0.1) is 39.3 Å². The van der Waals surface area contributed by atoms with E-state index in [1.807, 2.05) is 57.2 Å². The third-order valence-electron chi connectivity index (χ3n) is 4.74. The fraction of sp³-hybridized carbons (Fsp3) is 0.273. The van der Waals surface area contributed by atoms with Crippen molar-refractivity contribution in [2.45, 2.75) is 26.8 Å². The number of aliphatic hydroxyl groups is 1. The van der Waals surface area contributed by atoms with Crippen LogP contribution >= 0.6 is 11.3 Å². The van der Waals surface area contributed by atoms with Gasteiger partial charge in [-0.15, -0.1) is 11.3 Å². The topological polar surface area (TPSA) is 95.9 Å². The van der Waals surface area contributed by atoms with Crippen LogP contribution in [0.5, 0.6) is 0 Å². The first-order valence-electron chi connectivity index (χ1n) is 9.84. The Kier molecular flexibility index (Phi) is 5.87. The molecule has 4 aromatic rings. The standard InChI is InChI=1S/C22H24N6OS/c1-13(2)19(12-29)27-22-26-17(16-6-4-5-9-23-16)11-21(28-22)25-15-7-8-20-18(10-15)24-14(3)30-20/h4-11,13,19,29H,12H2,1-3H3,(H2,25,26,27,28)/t19-/m0/s1.